The Bertz CT molecular complexity index is 1260. The Balaban J connectivity index is 1.83. The van der Waals surface area contributed by atoms with Crippen LogP contribution in [0.1, 0.15) is 5.56 Å². The van der Waals surface area contributed by atoms with Gasteiger partial charge in [0, 0.05) is 36.5 Å². The largest absolute Gasteiger partial charge is 0.492 e. The van der Waals surface area contributed by atoms with E-state index in [1.54, 1.807) is 18.2 Å². The van der Waals surface area contributed by atoms with Crippen molar-refractivity contribution in [2.24, 2.45) is 0 Å². The fraction of sp³-hybridized carbons (Fsp3) is 0.263. The molecule has 0 amide bonds. The van der Waals surface area contributed by atoms with Crippen LogP contribution >= 0.6 is 0 Å². The summed E-state index contributed by atoms with van der Waals surface area (Å²) in [5, 5.41) is 0.822. The molecule has 0 radical (unpaired) electrons. The molecular weight excluding hydrogens is 400 g/mol. The molecule has 3 aromatic rings. The number of hydrogen-bond acceptors (Lipinski definition) is 6. The number of benzene rings is 2. The number of ether oxygens (including phenoxy) is 1. The predicted octanol–water partition coefficient (Wildman–Crippen LogP) is 2.11. The molecule has 148 valence electrons. The summed E-state index contributed by atoms with van der Waals surface area (Å²) in [7, 11) is -5.26. The van der Waals surface area contributed by atoms with Crippen LogP contribution < -0.4 is 4.74 Å². The number of rotatable bonds is 3. The van der Waals surface area contributed by atoms with Crippen molar-refractivity contribution in [1.29, 1.82) is 0 Å². The second-order valence-corrected chi connectivity index (χ2v) is 10.8. The molecule has 4 rings (SSSR count). The summed E-state index contributed by atoms with van der Waals surface area (Å²) in [6, 6.07) is 10.6. The molecule has 0 unspecified atom stereocenters. The summed E-state index contributed by atoms with van der Waals surface area (Å²) in [4.78, 5) is 2.23. The molecule has 0 saturated carbocycles. The summed E-state index contributed by atoms with van der Waals surface area (Å²) < 4.78 is 56.5. The van der Waals surface area contributed by atoms with Crippen molar-refractivity contribution < 1.29 is 21.6 Å². The molecular formula is C19H20N2O5S2. The van der Waals surface area contributed by atoms with Crippen LogP contribution in [-0.4, -0.2) is 52.2 Å². The van der Waals surface area contributed by atoms with E-state index >= 15 is 0 Å². The van der Waals surface area contributed by atoms with E-state index in [-0.39, 0.29) is 9.79 Å². The molecule has 2 heterocycles. The first-order chi connectivity index (χ1) is 13.2. The molecule has 7 nitrogen and oxygen atoms in total. The number of likely N-dealkylation sites (N-methyl/N-ethyl adjacent to an activating group) is 1. The number of hydrogen-bond donors (Lipinski definition) is 0. The van der Waals surface area contributed by atoms with Crippen LogP contribution in [0.4, 0.5) is 0 Å². The second-order valence-electron chi connectivity index (χ2n) is 6.92. The molecule has 0 saturated heterocycles. The van der Waals surface area contributed by atoms with Crippen LogP contribution in [0.15, 0.2) is 58.5 Å². The van der Waals surface area contributed by atoms with Gasteiger partial charge in [-0.1, -0.05) is 0 Å². The summed E-state index contributed by atoms with van der Waals surface area (Å²) >= 11 is 0. The minimum Gasteiger partial charge on any atom is -0.492 e. The van der Waals surface area contributed by atoms with Crippen LogP contribution in [0.2, 0.25) is 0 Å². The van der Waals surface area contributed by atoms with Crippen LogP contribution in [-0.2, 0) is 26.4 Å². The number of nitrogens with zero attached hydrogens (tertiary/aromatic N) is 2. The minimum absolute atomic E-state index is 0.0284. The topological polar surface area (TPSA) is 85.7 Å². The van der Waals surface area contributed by atoms with Gasteiger partial charge in [0.05, 0.1) is 15.3 Å². The molecule has 1 aromatic heterocycles. The monoisotopic (exact) mass is 420 g/mol. The highest BCUT2D eigenvalue weighted by Gasteiger charge is 2.23. The summed E-state index contributed by atoms with van der Waals surface area (Å²) in [6.45, 7) is 2.04. The maximum Gasteiger partial charge on any atom is 0.268 e. The molecule has 0 bridgehead atoms. The maximum absolute atomic E-state index is 13.1. The average Bonchev–Trinajstić information content (AvgIpc) is 2.99. The lowest BCUT2D eigenvalue weighted by molar-refractivity contribution is 0.259. The van der Waals surface area contributed by atoms with Gasteiger partial charge in [-0.15, -0.1) is 0 Å². The van der Waals surface area contributed by atoms with Gasteiger partial charge in [-0.05, 0) is 49.5 Å². The Morgan fingerprint density at radius 3 is 2.29 bits per heavy atom. The van der Waals surface area contributed by atoms with Crippen molar-refractivity contribution in [3.05, 3.63) is 54.2 Å². The fourth-order valence-electron chi connectivity index (χ4n) is 3.37. The minimum atomic E-state index is -3.87. The van der Waals surface area contributed by atoms with E-state index in [2.05, 4.69) is 4.90 Å². The van der Waals surface area contributed by atoms with E-state index in [1.165, 1.54) is 34.4 Å². The molecule has 0 atom stereocenters. The number of sulfone groups is 1. The molecule has 0 aliphatic carbocycles. The van der Waals surface area contributed by atoms with Gasteiger partial charge in [0.2, 0.25) is 0 Å². The van der Waals surface area contributed by atoms with Gasteiger partial charge >= 0.3 is 0 Å². The quantitative estimate of drug-likeness (QED) is 0.645. The predicted molar refractivity (Wildman–Crippen MR) is 106 cm³/mol. The highest BCUT2D eigenvalue weighted by molar-refractivity contribution is 7.91. The Morgan fingerprint density at radius 1 is 0.929 bits per heavy atom. The summed E-state index contributed by atoms with van der Waals surface area (Å²) in [5.74, 6) is 0.768. The van der Waals surface area contributed by atoms with Crippen molar-refractivity contribution >= 4 is 30.8 Å². The maximum atomic E-state index is 13.1. The lowest BCUT2D eigenvalue weighted by atomic mass is 10.1. The van der Waals surface area contributed by atoms with E-state index in [0.717, 1.165) is 29.5 Å². The zero-order chi connectivity index (χ0) is 20.1. The summed E-state index contributed by atoms with van der Waals surface area (Å²) in [6.07, 6.45) is 2.61. The zero-order valence-corrected chi connectivity index (χ0v) is 17.1. The first-order valence-corrected chi connectivity index (χ1v) is 12.0. The third-order valence-corrected chi connectivity index (χ3v) is 7.71. The second kappa shape index (κ2) is 6.61. The van der Waals surface area contributed by atoms with Crippen molar-refractivity contribution in [2.45, 2.75) is 16.3 Å². The summed E-state index contributed by atoms with van der Waals surface area (Å²) in [5.41, 5.74) is 1.52. The first kappa shape index (κ1) is 19.0. The van der Waals surface area contributed by atoms with Crippen molar-refractivity contribution in [3.63, 3.8) is 0 Å². The Morgan fingerprint density at radius 2 is 1.61 bits per heavy atom. The molecule has 0 fully saturated rings. The average molecular weight is 421 g/mol. The standard InChI is InChI=1S/C19H20N2O5S2/c1-20-11-12-26-19-8-7-18-16(17(19)13-20)9-10-21(18)28(24,25)15-5-3-14(4-6-15)27(2,22)23/h3-10H,11-13H2,1-2H3. The van der Waals surface area contributed by atoms with Crippen LogP contribution in [0.25, 0.3) is 10.9 Å². The van der Waals surface area contributed by atoms with Gasteiger partial charge in [0.15, 0.2) is 9.84 Å². The van der Waals surface area contributed by atoms with E-state index in [9.17, 15) is 16.8 Å². The Labute approximate surface area is 164 Å². The molecule has 0 N–H and O–H groups in total. The van der Waals surface area contributed by atoms with Crippen LogP contribution in [0.3, 0.4) is 0 Å². The van der Waals surface area contributed by atoms with E-state index in [1.807, 2.05) is 7.05 Å². The molecule has 9 heteroatoms. The third-order valence-electron chi connectivity index (χ3n) is 4.87. The van der Waals surface area contributed by atoms with Crippen LogP contribution in [0, 0.1) is 0 Å². The SMILES string of the molecule is CN1CCOc2ccc3c(ccn3S(=O)(=O)c3ccc(S(C)(=O)=O)cc3)c2C1. The smallest absolute Gasteiger partial charge is 0.268 e. The van der Waals surface area contributed by atoms with Gasteiger partial charge in [0.1, 0.15) is 12.4 Å². The van der Waals surface area contributed by atoms with E-state index in [4.69, 9.17) is 4.74 Å². The zero-order valence-electron chi connectivity index (χ0n) is 15.5. The number of fused-ring (bicyclic) bond motifs is 3. The lowest BCUT2D eigenvalue weighted by Gasteiger charge is -2.13. The Kier molecular flexibility index (Phi) is 4.48. The van der Waals surface area contributed by atoms with Crippen molar-refractivity contribution in [2.75, 3.05) is 26.5 Å². The number of aromatic nitrogens is 1. The lowest BCUT2D eigenvalue weighted by Crippen LogP contribution is -2.20. The van der Waals surface area contributed by atoms with Gasteiger partial charge in [-0.2, -0.15) is 0 Å². The Hall–Kier alpha value is -2.36. The van der Waals surface area contributed by atoms with Gasteiger partial charge in [0.25, 0.3) is 10.0 Å². The molecule has 2 aromatic carbocycles. The molecule has 28 heavy (non-hydrogen) atoms. The van der Waals surface area contributed by atoms with E-state index < -0.39 is 19.9 Å². The van der Waals surface area contributed by atoms with E-state index in [0.29, 0.717) is 18.7 Å². The van der Waals surface area contributed by atoms with Gasteiger partial charge in [-0.3, -0.25) is 4.90 Å². The van der Waals surface area contributed by atoms with Crippen molar-refractivity contribution in [3.8, 4) is 5.75 Å². The molecule has 1 aliphatic heterocycles. The van der Waals surface area contributed by atoms with Gasteiger partial charge < -0.3 is 4.74 Å². The molecule has 0 spiro atoms. The third kappa shape index (κ3) is 3.19. The van der Waals surface area contributed by atoms with Crippen molar-refractivity contribution in [1.82, 2.24) is 8.87 Å². The normalized spacial score (nSPS) is 15.8. The molecule has 1 aliphatic rings. The highest BCUT2D eigenvalue weighted by atomic mass is 32.2. The first-order valence-electron chi connectivity index (χ1n) is 8.68. The highest BCUT2D eigenvalue weighted by Crippen LogP contribution is 2.33. The fourth-order valence-corrected chi connectivity index (χ4v) is 5.35. The van der Waals surface area contributed by atoms with Crippen LogP contribution in [0.5, 0.6) is 5.75 Å². The van der Waals surface area contributed by atoms with Gasteiger partial charge in [-0.25, -0.2) is 20.8 Å².